The summed E-state index contributed by atoms with van der Waals surface area (Å²) >= 11 is 0. The van der Waals surface area contributed by atoms with Crippen molar-refractivity contribution in [2.75, 3.05) is 4.90 Å². The Balaban J connectivity index is 1.34. The van der Waals surface area contributed by atoms with Crippen LogP contribution < -0.4 is 4.90 Å². The van der Waals surface area contributed by atoms with E-state index in [1.807, 2.05) is 18.2 Å². The van der Waals surface area contributed by atoms with E-state index >= 15 is 0 Å². The van der Waals surface area contributed by atoms with E-state index in [0.717, 1.165) is 66.5 Å². The van der Waals surface area contributed by atoms with Crippen molar-refractivity contribution in [2.45, 2.75) is 0 Å². The molecule has 0 saturated carbocycles. The van der Waals surface area contributed by atoms with Gasteiger partial charge in [-0.15, -0.1) is 0 Å². The highest BCUT2D eigenvalue weighted by Crippen LogP contribution is 2.52. The molecule has 2 aromatic heterocycles. The molecule has 3 nitrogen and oxygen atoms in total. The first-order valence-electron chi connectivity index (χ1n) is 17.3. The van der Waals surface area contributed by atoms with Gasteiger partial charge in [0.15, 0.2) is 0 Å². The van der Waals surface area contributed by atoms with Crippen LogP contribution >= 0.6 is 0 Å². The monoisotopic (exact) mass is 651 g/mol. The van der Waals surface area contributed by atoms with E-state index in [2.05, 4.69) is 163 Å². The molecule has 0 amide bonds. The molecule has 0 fully saturated rings. The number of furan rings is 2. The summed E-state index contributed by atoms with van der Waals surface area (Å²) in [7, 11) is 0. The summed E-state index contributed by atoms with van der Waals surface area (Å²) in [5, 5.41) is 11.6. The Morgan fingerprint density at radius 3 is 1.76 bits per heavy atom. The van der Waals surface area contributed by atoms with Gasteiger partial charge in [0.1, 0.15) is 22.3 Å². The molecular weight excluding hydrogens is 623 g/mol. The Hall–Kier alpha value is -6.84. The number of rotatable bonds is 4. The van der Waals surface area contributed by atoms with Gasteiger partial charge in [-0.2, -0.15) is 0 Å². The van der Waals surface area contributed by atoms with Gasteiger partial charge >= 0.3 is 0 Å². The third-order valence-electron chi connectivity index (χ3n) is 10.4. The van der Waals surface area contributed by atoms with Crippen molar-refractivity contribution in [3.63, 3.8) is 0 Å². The lowest BCUT2D eigenvalue weighted by molar-refractivity contribution is 0.668. The molecular formula is C48H29NO2. The van der Waals surface area contributed by atoms with Crippen molar-refractivity contribution in [1.82, 2.24) is 0 Å². The number of benzene rings is 9. The van der Waals surface area contributed by atoms with Gasteiger partial charge in [-0.25, -0.2) is 0 Å². The first-order valence-corrected chi connectivity index (χ1v) is 17.3. The van der Waals surface area contributed by atoms with Crippen molar-refractivity contribution in [1.29, 1.82) is 0 Å². The Labute approximate surface area is 293 Å². The highest BCUT2D eigenvalue weighted by atomic mass is 16.3. The molecule has 51 heavy (non-hydrogen) atoms. The van der Waals surface area contributed by atoms with Crippen LogP contribution in [0.4, 0.5) is 17.1 Å². The molecule has 2 heterocycles. The third kappa shape index (κ3) is 4.19. The van der Waals surface area contributed by atoms with Crippen LogP contribution in [0.2, 0.25) is 0 Å². The molecule has 0 aliphatic carbocycles. The topological polar surface area (TPSA) is 29.5 Å². The lowest BCUT2D eigenvalue weighted by Gasteiger charge is -2.31. The maximum Gasteiger partial charge on any atom is 0.137 e. The standard InChI is InChI=1S/C48H29NO2/c1-2-13-31-28-32(25-24-30(31)12-1)46-37-17-5-3-14-34(37)35-15-4-6-18-38(35)48(46)49(33-26-27-44-40(29-33)36-16-7-9-21-42(36)50-44)41-20-11-23-45-47(41)39-19-8-10-22-43(39)51-45/h1-29H. The van der Waals surface area contributed by atoms with Crippen LogP contribution in [0.5, 0.6) is 0 Å². The van der Waals surface area contributed by atoms with Gasteiger partial charge in [0.05, 0.1) is 16.8 Å². The second-order valence-corrected chi connectivity index (χ2v) is 13.2. The van der Waals surface area contributed by atoms with Gasteiger partial charge in [-0.05, 0) is 81.0 Å². The predicted molar refractivity (Wildman–Crippen MR) is 214 cm³/mol. The SMILES string of the molecule is c1ccc2cc(-c3c(N(c4ccc5oc6ccccc6c5c4)c4cccc5oc6ccccc6c45)c4ccccc4c4ccccc34)ccc2c1. The Morgan fingerprint density at radius 2 is 0.941 bits per heavy atom. The van der Waals surface area contributed by atoms with E-state index in [9.17, 15) is 0 Å². The van der Waals surface area contributed by atoms with E-state index in [1.54, 1.807) is 0 Å². The van der Waals surface area contributed by atoms with Gasteiger partial charge in [0, 0.05) is 32.8 Å². The van der Waals surface area contributed by atoms with Gasteiger partial charge < -0.3 is 13.7 Å². The van der Waals surface area contributed by atoms with Crippen molar-refractivity contribution < 1.29 is 8.83 Å². The first kappa shape index (κ1) is 28.0. The Kier molecular flexibility index (Phi) is 5.96. The Bertz CT molecular complexity index is 3160. The van der Waals surface area contributed by atoms with Crippen molar-refractivity contribution in [3.05, 3.63) is 176 Å². The van der Waals surface area contributed by atoms with E-state index in [0.29, 0.717) is 0 Å². The number of para-hydroxylation sites is 2. The molecule has 11 aromatic rings. The zero-order valence-electron chi connectivity index (χ0n) is 27.5. The molecule has 0 unspecified atom stereocenters. The van der Waals surface area contributed by atoms with Gasteiger partial charge in [0.2, 0.25) is 0 Å². The molecule has 0 aliphatic rings. The van der Waals surface area contributed by atoms with Gasteiger partial charge in [0.25, 0.3) is 0 Å². The van der Waals surface area contributed by atoms with Crippen LogP contribution in [0, 0.1) is 0 Å². The summed E-state index contributed by atoms with van der Waals surface area (Å²) in [5.41, 5.74) is 9.01. The maximum absolute atomic E-state index is 6.51. The van der Waals surface area contributed by atoms with Crippen LogP contribution in [-0.4, -0.2) is 0 Å². The summed E-state index contributed by atoms with van der Waals surface area (Å²) in [4.78, 5) is 2.46. The number of hydrogen-bond donors (Lipinski definition) is 0. The van der Waals surface area contributed by atoms with Crippen molar-refractivity contribution in [2.24, 2.45) is 0 Å². The average molecular weight is 652 g/mol. The van der Waals surface area contributed by atoms with E-state index in [1.165, 1.54) is 37.9 Å². The normalized spacial score (nSPS) is 11.9. The van der Waals surface area contributed by atoms with Crippen LogP contribution in [0.25, 0.3) is 87.3 Å². The van der Waals surface area contributed by atoms with E-state index in [4.69, 9.17) is 8.83 Å². The second kappa shape index (κ2) is 10.8. The van der Waals surface area contributed by atoms with Crippen molar-refractivity contribution in [3.8, 4) is 11.1 Å². The molecule has 0 atom stereocenters. The van der Waals surface area contributed by atoms with Crippen LogP contribution in [0.1, 0.15) is 0 Å². The van der Waals surface area contributed by atoms with Crippen LogP contribution in [0.15, 0.2) is 185 Å². The number of anilines is 3. The average Bonchev–Trinajstić information content (AvgIpc) is 3.76. The van der Waals surface area contributed by atoms with Gasteiger partial charge in [-0.1, -0.05) is 127 Å². The minimum atomic E-state index is 0.853. The fraction of sp³-hybridized carbons (Fsp3) is 0. The first-order chi connectivity index (χ1) is 25.3. The van der Waals surface area contributed by atoms with Crippen LogP contribution in [0.3, 0.4) is 0 Å². The number of hydrogen-bond acceptors (Lipinski definition) is 3. The lowest BCUT2D eigenvalue weighted by atomic mass is 9.89. The molecule has 11 rings (SSSR count). The molecule has 0 saturated heterocycles. The molecule has 238 valence electrons. The molecule has 0 aliphatic heterocycles. The number of nitrogens with zero attached hydrogens (tertiary/aromatic N) is 1. The molecule has 0 N–H and O–H groups in total. The molecule has 0 bridgehead atoms. The number of fused-ring (bicyclic) bond motifs is 10. The summed E-state index contributed by atoms with van der Waals surface area (Å²) in [6.45, 7) is 0. The predicted octanol–water partition coefficient (Wildman–Crippen LogP) is 14.1. The van der Waals surface area contributed by atoms with Crippen LogP contribution in [-0.2, 0) is 0 Å². The fourth-order valence-corrected chi connectivity index (χ4v) is 8.18. The molecule has 9 aromatic carbocycles. The summed E-state index contributed by atoms with van der Waals surface area (Å²) in [6, 6.07) is 62.8. The molecule has 3 heteroatoms. The Morgan fingerprint density at radius 1 is 0.353 bits per heavy atom. The van der Waals surface area contributed by atoms with E-state index < -0.39 is 0 Å². The molecule has 0 spiro atoms. The summed E-state index contributed by atoms with van der Waals surface area (Å²) in [5.74, 6) is 0. The zero-order chi connectivity index (χ0) is 33.5. The fourth-order valence-electron chi connectivity index (χ4n) is 8.18. The van der Waals surface area contributed by atoms with Crippen molar-refractivity contribution >= 4 is 93.3 Å². The summed E-state index contributed by atoms with van der Waals surface area (Å²) in [6.07, 6.45) is 0. The lowest BCUT2D eigenvalue weighted by Crippen LogP contribution is -2.12. The zero-order valence-corrected chi connectivity index (χ0v) is 27.5. The highest BCUT2D eigenvalue weighted by molar-refractivity contribution is 6.24. The highest BCUT2D eigenvalue weighted by Gasteiger charge is 2.26. The third-order valence-corrected chi connectivity index (χ3v) is 10.4. The largest absolute Gasteiger partial charge is 0.456 e. The summed E-state index contributed by atoms with van der Waals surface area (Å²) < 4.78 is 12.9. The second-order valence-electron chi connectivity index (χ2n) is 13.2. The smallest absolute Gasteiger partial charge is 0.137 e. The molecule has 0 radical (unpaired) electrons. The van der Waals surface area contributed by atoms with E-state index in [-0.39, 0.29) is 0 Å². The van der Waals surface area contributed by atoms with Gasteiger partial charge in [-0.3, -0.25) is 0 Å². The minimum absolute atomic E-state index is 0.853. The maximum atomic E-state index is 6.51. The minimum Gasteiger partial charge on any atom is -0.456 e. The quantitative estimate of drug-likeness (QED) is 0.177.